The number of phenols is 2. The van der Waals surface area contributed by atoms with E-state index in [1.165, 1.54) is 0 Å². The van der Waals surface area contributed by atoms with Crippen LogP contribution < -0.4 is 0 Å². The van der Waals surface area contributed by atoms with Crippen molar-refractivity contribution in [2.75, 3.05) is 13.1 Å². The zero-order valence-corrected chi connectivity index (χ0v) is 20.9. The highest BCUT2D eigenvalue weighted by molar-refractivity contribution is 5.86. The predicted molar refractivity (Wildman–Crippen MR) is 129 cm³/mol. The molecule has 0 saturated heterocycles. The van der Waals surface area contributed by atoms with Gasteiger partial charge in [0.05, 0.1) is 24.2 Å². The largest absolute Gasteiger partial charge is 0.507 e. The highest BCUT2D eigenvalue weighted by Gasteiger charge is 2.35. The first-order valence-electron chi connectivity index (χ1n) is 11.1. The normalized spacial score (nSPS) is 13.8. The number of phenolic OH excluding ortho intramolecular Hbond substituents is 2. The van der Waals surface area contributed by atoms with E-state index in [0.717, 1.165) is 36.7 Å². The summed E-state index contributed by atoms with van der Waals surface area (Å²) in [6.07, 6.45) is -7.01. The third-order valence-corrected chi connectivity index (χ3v) is 5.37. The molecule has 2 rings (SSSR count). The Bertz CT molecular complexity index is 1060. The Morgan fingerprint density at radius 2 is 0.917 bits per heavy atom. The second-order valence-electron chi connectivity index (χ2n) is 10.5. The first kappa shape index (κ1) is 29.2. The third-order valence-electron chi connectivity index (χ3n) is 5.37. The molecule has 2 aromatic rings. The lowest BCUT2D eigenvalue weighted by Crippen LogP contribution is -2.15. The van der Waals surface area contributed by atoms with Gasteiger partial charge in [-0.2, -0.15) is 26.3 Å². The minimum absolute atomic E-state index is 0.0110. The van der Waals surface area contributed by atoms with Gasteiger partial charge in [0.2, 0.25) is 0 Å². The molecule has 0 radical (unpaired) electrons. The van der Waals surface area contributed by atoms with Crippen LogP contribution in [0.3, 0.4) is 0 Å². The van der Waals surface area contributed by atoms with Crippen LogP contribution in [-0.4, -0.2) is 35.7 Å². The molecular formula is C26H30F6N2O2. The van der Waals surface area contributed by atoms with Gasteiger partial charge in [-0.3, -0.25) is 9.98 Å². The Hall–Kier alpha value is -3.04. The molecule has 4 nitrogen and oxygen atoms in total. The zero-order chi connectivity index (χ0) is 27.7. The Morgan fingerprint density at radius 3 is 1.17 bits per heavy atom. The molecule has 0 aromatic heterocycles. The molecule has 10 heteroatoms. The fraction of sp³-hybridized carbons (Fsp3) is 0.462. The van der Waals surface area contributed by atoms with Gasteiger partial charge in [0, 0.05) is 34.7 Å². The van der Waals surface area contributed by atoms with E-state index < -0.39 is 34.3 Å². The molecule has 2 N–H and O–H groups in total. The van der Waals surface area contributed by atoms with Crippen LogP contribution in [0.15, 0.2) is 34.3 Å². The summed E-state index contributed by atoms with van der Waals surface area (Å²) in [4.78, 5) is 8.01. The van der Waals surface area contributed by atoms with Crippen molar-refractivity contribution in [2.45, 2.75) is 64.7 Å². The van der Waals surface area contributed by atoms with Crippen LogP contribution in [0.5, 0.6) is 11.5 Å². The molecule has 0 bridgehead atoms. The second-order valence-corrected chi connectivity index (χ2v) is 10.5. The fourth-order valence-electron chi connectivity index (χ4n) is 3.42. The average Bonchev–Trinajstić information content (AvgIpc) is 2.69. The monoisotopic (exact) mass is 516 g/mol. The van der Waals surface area contributed by atoms with Gasteiger partial charge in [-0.25, -0.2) is 0 Å². The molecule has 0 saturated carbocycles. The lowest BCUT2D eigenvalue weighted by atomic mass is 9.84. The molecule has 0 fully saturated rings. The van der Waals surface area contributed by atoms with Gasteiger partial charge in [0.15, 0.2) is 0 Å². The molecule has 2 aromatic carbocycles. The SMILES string of the molecule is CC(C)(C)c1cc(C(F)(F)F)cc(C=NCCN=Cc2cc(C(F)(F)F)cc(C(C)(C)C)c2O)c1O. The van der Waals surface area contributed by atoms with Crippen molar-refractivity contribution in [1.29, 1.82) is 0 Å². The third kappa shape index (κ3) is 7.24. The molecule has 198 valence electrons. The Balaban J connectivity index is 2.27. The summed E-state index contributed by atoms with van der Waals surface area (Å²) in [6.45, 7) is 10.0. The maximum atomic E-state index is 13.3. The second kappa shape index (κ2) is 10.1. The Labute approximate surface area is 206 Å². The van der Waals surface area contributed by atoms with E-state index >= 15 is 0 Å². The van der Waals surface area contributed by atoms with Crippen LogP contribution in [0.1, 0.15) is 74.9 Å². The molecule has 0 unspecified atom stereocenters. The van der Waals surface area contributed by atoms with Gasteiger partial charge in [-0.05, 0) is 35.1 Å². The number of aliphatic imine (C=N–C) groups is 2. The van der Waals surface area contributed by atoms with E-state index in [0.29, 0.717) is 0 Å². The average molecular weight is 517 g/mol. The van der Waals surface area contributed by atoms with Crippen molar-refractivity contribution in [3.05, 3.63) is 57.6 Å². The van der Waals surface area contributed by atoms with E-state index in [9.17, 15) is 36.6 Å². The Morgan fingerprint density at radius 1 is 0.611 bits per heavy atom. The summed E-state index contributed by atoms with van der Waals surface area (Å²) < 4.78 is 79.9. The zero-order valence-electron chi connectivity index (χ0n) is 20.9. The minimum atomic E-state index is -4.61. The summed E-state index contributed by atoms with van der Waals surface area (Å²) in [7, 11) is 0. The summed E-state index contributed by atoms with van der Waals surface area (Å²) in [5.41, 5.74) is -3.32. The highest BCUT2D eigenvalue weighted by atomic mass is 19.4. The molecule has 0 aliphatic carbocycles. The predicted octanol–water partition coefficient (Wildman–Crippen LogP) is 7.27. The molecule has 36 heavy (non-hydrogen) atoms. The molecule has 0 heterocycles. The topological polar surface area (TPSA) is 65.2 Å². The van der Waals surface area contributed by atoms with E-state index in [1.807, 2.05) is 0 Å². The molecular weight excluding hydrogens is 486 g/mol. The van der Waals surface area contributed by atoms with Gasteiger partial charge in [0.25, 0.3) is 0 Å². The number of aromatic hydroxyl groups is 2. The van der Waals surface area contributed by atoms with Crippen molar-refractivity contribution in [3.8, 4) is 11.5 Å². The van der Waals surface area contributed by atoms with Gasteiger partial charge >= 0.3 is 12.4 Å². The van der Waals surface area contributed by atoms with Crippen molar-refractivity contribution in [1.82, 2.24) is 0 Å². The molecule has 0 spiro atoms. The van der Waals surface area contributed by atoms with Gasteiger partial charge in [-0.15, -0.1) is 0 Å². The molecule has 0 aliphatic rings. The molecule has 0 atom stereocenters. The first-order valence-corrected chi connectivity index (χ1v) is 11.1. The minimum Gasteiger partial charge on any atom is -0.507 e. The van der Waals surface area contributed by atoms with Crippen LogP contribution in [-0.2, 0) is 23.2 Å². The van der Waals surface area contributed by atoms with Crippen LogP contribution in [0.4, 0.5) is 26.3 Å². The smallest absolute Gasteiger partial charge is 0.416 e. The standard InChI is InChI=1S/C26H30F6N2O2/c1-23(2,3)19-11-17(25(27,28)29)9-15(21(19)35)13-33-7-8-34-14-16-10-18(26(30,31)32)12-20(22(16)36)24(4,5)6/h9-14,35-36H,7-8H2,1-6H3. The van der Waals surface area contributed by atoms with Crippen molar-refractivity contribution in [2.24, 2.45) is 9.98 Å². The van der Waals surface area contributed by atoms with Gasteiger partial charge in [0.1, 0.15) is 11.5 Å². The van der Waals surface area contributed by atoms with Crippen LogP contribution in [0.2, 0.25) is 0 Å². The summed E-state index contributed by atoms with van der Waals surface area (Å²) in [5, 5.41) is 20.9. The van der Waals surface area contributed by atoms with Gasteiger partial charge < -0.3 is 10.2 Å². The van der Waals surface area contributed by atoms with Crippen molar-refractivity contribution < 1.29 is 36.6 Å². The number of rotatable bonds is 5. The van der Waals surface area contributed by atoms with Crippen LogP contribution in [0, 0.1) is 0 Å². The number of hydrogen-bond acceptors (Lipinski definition) is 4. The number of benzene rings is 2. The van der Waals surface area contributed by atoms with E-state index in [-0.39, 0.29) is 46.8 Å². The fourth-order valence-corrected chi connectivity index (χ4v) is 3.42. The van der Waals surface area contributed by atoms with E-state index in [4.69, 9.17) is 0 Å². The lowest BCUT2D eigenvalue weighted by molar-refractivity contribution is -0.138. The summed E-state index contributed by atoms with van der Waals surface area (Å²) in [5.74, 6) is -0.627. The molecule has 0 amide bonds. The number of hydrogen-bond donors (Lipinski definition) is 2. The van der Waals surface area contributed by atoms with Crippen LogP contribution >= 0.6 is 0 Å². The first-order chi connectivity index (χ1) is 16.2. The highest BCUT2D eigenvalue weighted by Crippen LogP contribution is 2.40. The summed E-state index contributed by atoms with van der Waals surface area (Å²) in [6, 6.07) is 3.41. The molecule has 0 aliphatic heterocycles. The van der Waals surface area contributed by atoms with E-state index in [1.54, 1.807) is 41.5 Å². The lowest BCUT2D eigenvalue weighted by Gasteiger charge is -2.23. The van der Waals surface area contributed by atoms with Gasteiger partial charge in [-0.1, -0.05) is 41.5 Å². The van der Waals surface area contributed by atoms with E-state index in [2.05, 4.69) is 9.98 Å². The number of alkyl halides is 6. The summed E-state index contributed by atoms with van der Waals surface area (Å²) >= 11 is 0. The van der Waals surface area contributed by atoms with Crippen molar-refractivity contribution in [3.63, 3.8) is 0 Å². The number of halogens is 6. The van der Waals surface area contributed by atoms with Crippen molar-refractivity contribution >= 4 is 12.4 Å². The quantitative estimate of drug-likeness (QED) is 0.249. The number of nitrogens with zero attached hydrogens (tertiary/aromatic N) is 2. The Kier molecular flexibility index (Phi) is 8.22. The maximum absolute atomic E-state index is 13.3. The maximum Gasteiger partial charge on any atom is 0.416 e. The van der Waals surface area contributed by atoms with Crippen LogP contribution in [0.25, 0.3) is 0 Å².